The number of aromatic amines is 1. The normalized spacial score (nSPS) is 10.4. The molecule has 0 atom stereocenters. The monoisotopic (exact) mass is 309 g/mol. The Bertz CT molecular complexity index is 685. The molecule has 2 aromatic rings. The molecule has 110 valence electrons. The van der Waals surface area contributed by atoms with E-state index in [2.05, 4.69) is 20.5 Å². The lowest BCUT2D eigenvalue weighted by molar-refractivity contribution is -0.383. The molecule has 9 heteroatoms. The Morgan fingerprint density at radius 1 is 1.52 bits per heavy atom. The van der Waals surface area contributed by atoms with Gasteiger partial charge in [0.15, 0.2) is 0 Å². The van der Waals surface area contributed by atoms with Crippen molar-refractivity contribution in [3.05, 3.63) is 45.0 Å². The Labute approximate surface area is 124 Å². The maximum Gasteiger partial charge on any atom is 0.295 e. The summed E-state index contributed by atoms with van der Waals surface area (Å²) in [4.78, 5) is 26.3. The number of nitrogens with one attached hydrogen (secondary N) is 2. The van der Waals surface area contributed by atoms with Crippen molar-refractivity contribution in [2.24, 2.45) is 0 Å². The minimum Gasteiger partial charge on any atom is -0.313 e. The average Bonchev–Trinajstić information content (AvgIpc) is 2.87. The van der Waals surface area contributed by atoms with E-state index >= 15 is 0 Å². The first kappa shape index (κ1) is 14.9. The molecule has 0 aliphatic heterocycles. The lowest BCUT2D eigenvalue weighted by Crippen LogP contribution is -2.15. The quantitative estimate of drug-likeness (QED) is 0.650. The number of H-pyrrole nitrogens is 1. The number of nitrogens with zero attached hydrogens (tertiary/aromatic N) is 3. The van der Waals surface area contributed by atoms with Gasteiger partial charge in [0, 0.05) is 17.5 Å². The van der Waals surface area contributed by atoms with Crippen molar-refractivity contribution in [1.29, 1.82) is 0 Å². The van der Waals surface area contributed by atoms with Gasteiger partial charge >= 0.3 is 0 Å². The summed E-state index contributed by atoms with van der Waals surface area (Å²) in [7, 11) is 0. The van der Waals surface area contributed by atoms with Crippen LogP contribution >= 0.6 is 11.6 Å². The number of benzene rings is 1. The molecule has 1 aromatic heterocycles. The molecule has 1 aromatic carbocycles. The van der Waals surface area contributed by atoms with Crippen LogP contribution in [0.2, 0.25) is 5.02 Å². The molecule has 0 saturated carbocycles. The van der Waals surface area contributed by atoms with E-state index in [0.29, 0.717) is 12.2 Å². The highest BCUT2D eigenvalue weighted by molar-refractivity contribution is 6.31. The van der Waals surface area contributed by atoms with Gasteiger partial charge in [-0.25, -0.2) is 4.98 Å². The van der Waals surface area contributed by atoms with E-state index in [1.807, 2.05) is 6.92 Å². The van der Waals surface area contributed by atoms with Gasteiger partial charge in [-0.1, -0.05) is 18.5 Å². The van der Waals surface area contributed by atoms with Crippen LogP contribution in [0.3, 0.4) is 0 Å². The molecule has 0 radical (unpaired) electrons. The average molecular weight is 310 g/mol. The highest BCUT2D eigenvalue weighted by atomic mass is 35.5. The van der Waals surface area contributed by atoms with Crippen molar-refractivity contribution >= 4 is 28.9 Å². The first-order valence-corrected chi connectivity index (χ1v) is 6.55. The van der Waals surface area contributed by atoms with Gasteiger partial charge in [-0.3, -0.25) is 20.0 Å². The third-order valence-corrected chi connectivity index (χ3v) is 2.86. The summed E-state index contributed by atoms with van der Waals surface area (Å²) >= 11 is 5.79. The van der Waals surface area contributed by atoms with E-state index in [-0.39, 0.29) is 22.2 Å². The van der Waals surface area contributed by atoms with Crippen LogP contribution in [0, 0.1) is 10.1 Å². The summed E-state index contributed by atoms with van der Waals surface area (Å²) in [5.74, 6) is -0.130. The molecule has 0 fully saturated rings. The van der Waals surface area contributed by atoms with E-state index < -0.39 is 10.8 Å². The Morgan fingerprint density at radius 2 is 2.29 bits per heavy atom. The number of nitro benzene ring substituents is 1. The summed E-state index contributed by atoms with van der Waals surface area (Å²) in [5.41, 5.74) is -0.253. The lowest BCUT2D eigenvalue weighted by Gasteiger charge is -2.04. The van der Waals surface area contributed by atoms with Crippen LogP contribution in [0.1, 0.15) is 29.8 Å². The van der Waals surface area contributed by atoms with Gasteiger partial charge in [0.1, 0.15) is 11.5 Å². The third kappa shape index (κ3) is 3.54. The number of carbonyl (C=O) groups excluding carboxylic acids is 1. The number of halogens is 1. The number of anilines is 1. The van der Waals surface area contributed by atoms with Gasteiger partial charge in [-0.15, -0.1) is 5.10 Å². The maximum absolute atomic E-state index is 12.0. The number of hydrogen-bond donors (Lipinski definition) is 2. The van der Waals surface area contributed by atoms with Crippen molar-refractivity contribution in [1.82, 2.24) is 15.2 Å². The SMILES string of the molecule is CCCc1nc(C(=O)Nc2cc(Cl)ccc2[N+](=O)[O-])n[nH]1. The molecule has 0 bridgehead atoms. The number of aryl methyl sites for hydroxylation is 1. The Hall–Kier alpha value is -2.48. The lowest BCUT2D eigenvalue weighted by atomic mass is 10.2. The van der Waals surface area contributed by atoms with Crippen LogP contribution in [-0.4, -0.2) is 26.0 Å². The predicted octanol–water partition coefficient (Wildman–Crippen LogP) is 2.57. The molecule has 8 nitrogen and oxygen atoms in total. The van der Waals surface area contributed by atoms with E-state index in [4.69, 9.17) is 11.6 Å². The number of nitro groups is 1. The number of hydrogen-bond acceptors (Lipinski definition) is 5. The standard InChI is InChI=1S/C12H12ClN5O3/c1-2-3-10-15-11(17-16-10)12(19)14-8-6-7(13)4-5-9(8)18(20)21/h4-6H,2-3H2,1H3,(H,14,19)(H,15,16,17). The van der Waals surface area contributed by atoms with E-state index in [1.165, 1.54) is 18.2 Å². The van der Waals surface area contributed by atoms with Crippen LogP contribution in [-0.2, 0) is 6.42 Å². The number of rotatable bonds is 5. The van der Waals surface area contributed by atoms with Crippen molar-refractivity contribution < 1.29 is 9.72 Å². The van der Waals surface area contributed by atoms with Crippen LogP contribution < -0.4 is 5.32 Å². The van der Waals surface area contributed by atoms with Crippen LogP contribution in [0.25, 0.3) is 0 Å². The van der Waals surface area contributed by atoms with Crippen molar-refractivity contribution in [2.75, 3.05) is 5.32 Å². The molecule has 0 spiro atoms. The molecule has 0 saturated heterocycles. The molecular weight excluding hydrogens is 298 g/mol. The first-order valence-electron chi connectivity index (χ1n) is 6.17. The number of carbonyl (C=O) groups is 1. The summed E-state index contributed by atoms with van der Waals surface area (Å²) in [6.07, 6.45) is 1.52. The molecule has 2 rings (SSSR count). The molecule has 1 amide bonds. The minimum absolute atomic E-state index is 0.000610. The second-order valence-electron chi connectivity index (χ2n) is 4.23. The van der Waals surface area contributed by atoms with Crippen molar-refractivity contribution in [3.8, 4) is 0 Å². The zero-order valence-corrected chi connectivity index (χ0v) is 11.8. The van der Waals surface area contributed by atoms with Gasteiger partial charge in [-0.05, 0) is 18.6 Å². The molecule has 0 unspecified atom stereocenters. The molecule has 1 heterocycles. The van der Waals surface area contributed by atoms with E-state index in [0.717, 1.165) is 6.42 Å². The third-order valence-electron chi connectivity index (χ3n) is 2.63. The fraction of sp³-hybridized carbons (Fsp3) is 0.250. The highest BCUT2D eigenvalue weighted by Gasteiger charge is 2.19. The van der Waals surface area contributed by atoms with Gasteiger partial charge in [-0.2, -0.15) is 0 Å². The van der Waals surface area contributed by atoms with Crippen LogP contribution in [0.15, 0.2) is 18.2 Å². The largest absolute Gasteiger partial charge is 0.313 e. The number of amides is 1. The number of aromatic nitrogens is 3. The Kier molecular flexibility index (Phi) is 4.49. The highest BCUT2D eigenvalue weighted by Crippen LogP contribution is 2.27. The van der Waals surface area contributed by atoms with Crippen molar-refractivity contribution in [2.45, 2.75) is 19.8 Å². The summed E-state index contributed by atoms with van der Waals surface area (Å²) < 4.78 is 0. The smallest absolute Gasteiger partial charge is 0.295 e. The second kappa shape index (κ2) is 6.31. The molecular formula is C12H12ClN5O3. The molecule has 0 aliphatic carbocycles. The van der Waals surface area contributed by atoms with Gasteiger partial charge < -0.3 is 5.32 Å². The van der Waals surface area contributed by atoms with E-state index in [1.54, 1.807) is 0 Å². The van der Waals surface area contributed by atoms with Gasteiger partial charge in [0.25, 0.3) is 11.6 Å². The predicted molar refractivity (Wildman–Crippen MR) is 76.4 cm³/mol. The van der Waals surface area contributed by atoms with Gasteiger partial charge in [0.2, 0.25) is 5.82 Å². The topological polar surface area (TPSA) is 114 Å². The summed E-state index contributed by atoms with van der Waals surface area (Å²) in [5, 5.41) is 20.0. The zero-order valence-electron chi connectivity index (χ0n) is 11.1. The second-order valence-corrected chi connectivity index (χ2v) is 4.66. The molecule has 0 aliphatic rings. The molecule has 2 N–H and O–H groups in total. The Morgan fingerprint density at radius 3 is 2.95 bits per heavy atom. The summed E-state index contributed by atoms with van der Waals surface area (Å²) in [6.45, 7) is 1.97. The fourth-order valence-corrected chi connectivity index (χ4v) is 1.86. The minimum atomic E-state index is -0.640. The van der Waals surface area contributed by atoms with Crippen LogP contribution in [0.4, 0.5) is 11.4 Å². The summed E-state index contributed by atoms with van der Waals surface area (Å²) in [6, 6.07) is 3.90. The fourth-order valence-electron chi connectivity index (χ4n) is 1.69. The van der Waals surface area contributed by atoms with Crippen molar-refractivity contribution in [3.63, 3.8) is 0 Å². The van der Waals surface area contributed by atoms with Gasteiger partial charge in [0.05, 0.1) is 4.92 Å². The first-order chi connectivity index (χ1) is 10.0. The molecule has 21 heavy (non-hydrogen) atoms. The van der Waals surface area contributed by atoms with E-state index in [9.17, 15) is 14.9 Å². The zero-order chi connectivity index (χ0) is 15.4. The Balaban J connectivity index is 2.22. The maximum atomic E-state index is 12.0. The van der Waals surface area contributed by atoms with Crippen LogP contribution in [0.5, 0.6) is 0 Å².